The van der Waals surface area contributed by atoms with Gasteiger partial charge in [-0.2, -0.15) is 0 Å². The van der Waals surface area contributed by atoms with Crippen molar-refractivity contribution >= 4 is 5.91 Å². The van der Waals surface area contributed by atoms with Gasteiger partial charge in [0.1, 0.15) is 6.10 Å². The van der Waals surface area contributed by atoms with Gasteiger partial charge in [-0.05, 0) is 19.4 Å². The Labute approximate surface area is 79.0 Å². The van der Waals surface area contributed by atoms with E-state index in [1.54, 1.807) is 14.0 Å². The molecule has 3 atom stereocenters. The highest BCUT2D eigenvalue weighted by atomic mass is 16.5. The number of hydrogen-bond donors (Lipinski definition) is 2. The van der Waals surface area contributed by atoms with E-state index in [0.717, 1.165) is 13.1 Å². The van der Waals surface area contributed by atoms with E-state index in [9.17, 15) is 4.79 Å². The van der Waals surface area contributed by atoms with Crippen molar-refractivity contribution < 1.29 is 9.53 Å². The Morgan fingerprint density at radius 2 is 2.31 bits per heavy atom. The molecule has 0 saturated carbocycles. The fraction of sp³-hybridized carbons (Fsp3) is 0.889. The Hall–Kier alpha value is -0.610. The van der Waals surface area contributed by atoms with Gasteiger partial charge in [0.2, 0.25) is 5.91 Å². The van der Waals surface area contributed by atoms with Gasteiger partial charge in [0.15, 0.2) is 0 Å². The summed E-state index contributed by atoms with van der Waals surface area (Å²) < 4.78 is 4.93. The van der Waals surface area contributed by atoms with Crippen molar-refractivity contribution in [1.82, 2.24) is 10.6 Å². The van der Waals surface area contributed by atoms with Crippen LogP contribution in [-0.4, -0.2) is 38.3 Å². The first kappa shape index (κ1) is 10.5. The highest BCUT2D eigenvalue weighted by Crippen LogP contribution is 2.07. The molecule has 76 valence electrons. The smallest absolute Gasteiger partial charge is 0.249 e. The van der Waals surface area contributed by atoms with E-state index in [1.165, 1.54) is 0 Å². The van der Waals surface area contributed by atoms with Gasteiger partial charge in [0.25, 0.3) is 0 Å². The summed E-state index contributed by atoms with van der Waals surface area (Å²) in [5.74, 6) is 0.482. The lowest BCUT2D eigenvalue weighted by atomic mass is 10.1. The molecule has 4 nitrogen and oxygen atoms in total. The largest absolute Gasteiger partial charge is 0.372 e. The third-order valence-corrected chi connectivity index (χ3v) is 2.57. The summed E-state index contributed by atoms with van der Waals surface area (Å²) >= 11 is 0. The monoisotopic (exact) mass is 186 g/mol. The standard InChI is InChI=1S/C9H18N2O2/c1-6-4-10-5-8(6)11-9(12)7(2)13-3/h6-8,10H,4-5H2,1-3H3,(H,11,12). The van der Waals surface area contributed by atoms with Crippen LogP contribution in [0.4, 0.5) is 0 Å². The van der Waals surface area contributed by atoms with E-state index in [-0.39, 0.29) is 18.1 Å². The quantitative estimate of drug-likeness (QED) is 0.639. The van der Waals surface area contributed by atoms with Crippen molar-refractivity contribution in [3.63, 3.8) is 0 Å². The van der Waals surface area contributed by atoms with Gasteiger partial charge in [-0.1, -0.05) is 6.92 Å². The lowest BCUT2D eigenvalue weighted by molar-refractivity contribution is -0.130. The Morgan fingerprint density at radius 3 is 2.77 bits per heavy atom. The van der Waals surface area contributed by atoms with E-state index in [2.05, 4.69) is 17.6 Å². The summed E-state index contributed by atoms with van der Waals surface area (Å²) in [7, 11) is 1.54. The molecule has 0 bridgehead atoms. The molecule has 1 aliphatic heterocycles. The maximum Gasteiger partial charge on any atom is 0.249 e. The van der Waals surface area contributed by atoms with Gasteiger partial charge >= 0.3 is 0 Å². The molecule has 1 aliphatic rings. The van der Waals surface area contributed by atoms with Gasteiger partial charge in [0.05, 0.1) is 0 Å². The Morgan fingerprint density at radius 1 is 1.62 bits per heavy atom. The number of carbonyl (C=O) groups excluding carboxylic acids is 1. The molecule has 1 amide bonds. The highest BCUT2D eigenvalue weighted by molar-refractivity contribution is 5.80. The van der Waals surface area contributed by atoms with Crippen LogP contribution >= 0.6 is 0 Å². The van der Waals surface area contributed by atoms with Crippen molar-refractivity contribution in [2.75, 3.05) is 20.2 Å². The van der Waals surface area contributed by atoms with Gasteiger partial charge < -0.3 is 15.4 Å². The summed E-state index contributed by atoms with van der Waals surface area (Å²) in [6.45, 7) is 5.72. The molecule has 0 spiro atoms. The van der Waals surface area contributed by atoms with Crippen LogP contribution in [0.5, 0.6) is 0 Å². The summed E-state index contributed by atoms with van der Waals surface area (Å²) in [5.41, 5.74) is 0. The number of nitrogens with one attached hydrogen (secondary N) is 2. The molecule has 1 fully saturated rings. The number of rotatable bonds is 3. The zero-order chi connectivity index (χ0) is 9.84. The SMILES string of the molecule is COC(C)C(=O)NC1CNCC1C. The predicted molar refractivity (Wildman–Crippen MR) is 50.4 cm³/mol. The van der Waals surface area contributed by atoms with Crippen molar-refractivity contribution in [2.24, 2.45) is 5.92 Å². The fourth-order valence-electron chi connectivity index (χ4n) is 1.41. The van der Waals surface area contributed by atoms with Gasteiger partial charge in [-0.15, -0.1) is 0 Å². The summed E-state index contributed by atoms with van der Waals surface area (Å²) in [6, 6.07) is 0.255. The maximum absolute atomic E-state index is 11.4. The van der Waals surface area contributed by atoms with Crippen LogP contribution in [-0.2, 0) is 9.53 Å². The van der Waals surface area contributed by atoms with Crippen molar-refractivity contribution in [3.05, 3.63) is 0 Å². The normalized spacial score (nSPS) is 30.1. The van der Waals surface area contributed by atoms with Crippen LogP contribution in [0.25, 0.3) is 0 Å². The molecule has 4 heteroatoms. The number of amides is 1. The van der Waals surface area contributed by atoms with E-state index < -0.39 is 0 Å². The molecule has 1 heterocycles. The third-order valence-electron chi connectivity index (χ3n) is 2.57. The first-order valence-corrected chi connectivity index (χ1v) is 4.69. The second kappa shape index (κ2) is 4.58. The van der Waals surface area contributed by atoms with E-state index in [4.69, 9.17) is 4.74 Å². The van der Waals surface area contributed by atoms with Crippen LogP contribution in [0.3, 0.4) is 0 Å². The van der Waals surface area contributed by atoms with Crippen molar-refractivity contribution in [3.8, 4) is 0 Å². The van der Waals surface area contributed by atoms with Crippen LogP contribution in [0.15, 0.2) is 0 Å². The van der Waals surface area contributed by atoms with Crippen LogP contribution in [0.2, 0.25) is 0 Å². The van der Waals surface area contributed by atoms with Crippen LogP contribution in [0.1, 0.15) is 13.8 Å². The number of hydrogen-bond acceptors (Lipinski definition) is 3. The average molecular weight is 186 g/mol. The lowest BCUT2D eigenvalue weighted by Gasteiger charge is -2.18. The summed E-state index contributed by atoms with van der Waals surface area (Å²) in [4.78, 5) is 11.4. The molecular formula is C9H18N2O2. The zero-order valence-corrected chi connectivity index (χ0v) is 8.46. The van der Waals surface area contributed by atoms with Gasteiger partial charge in [-0.3, -0.25) is 4.79 Å². The molecule has 0 aromatic rings. The second-order valence-electron chi connectivity index (χ2n) is 3.63. The highest BCUT2D eigenvalue weighted by Gasteiger charge is 2.25. The minimum Gasteiger partial charge on any atom is -0.372 e. The molecule has 2 N–H and O–H groups in total. The molecule has 1 saturated heterocycles. The molecule has 0 aromatic carbocycles. The second-order valence-corrected chi connectivity index (χ2v) is 3.63. The number of ether oxygens (including phenoxy) is 1. The molecule has 0 radical (unpaired) electrons. The molecule has 0 aromatic heterocycles. The van der Waals surface area contributed by atoms with Crippen LogP contribution < -0.4 is 10.6 Å². The predicted octanol–water partition coefficient (Wildman–Crippen LogP) is -0.255. The Bertz CT molecular complexity index is 184. The maximum atomic E-state index is 11.4. The lowest BCUT2D eigenvalue weighted by Crippen LogP contribution is -2.44. The molecule has 13 heavy (non-hydrogen) atoms. The fourth-order valence-corrected chi connectivity index (χ4v) is 1.41. The minimum atomic E-state index is -0.354. The number of carbonyl (C=O) groups is 1. The molecule has 3 unspecified atom stereocenters. The third kappa shape index (κ3) is 2.67. The van der Waals surface area contributed by atoms with Crippen LogP contribution in [0, 0.1) is 5.92 Å². The summed E-state index contributed by atoms with van der Waals surface area (Å²) in [5, 5.41) is 6.18. The van der Waals surface area contributed by atoms with Gasteiger partial charge in [-0.25, -0.2) is 0 Å². The van der Waals surface area contributed by atoms with Crippen molar-refractivity contribution in [1.29, 1.82) is 0 Å². The molecule has 1 rings (SSSR count). The molecule has 0 aliphatic carbocycles. The number of methoxy groups -OCH3 is 1. The van der Waals surface area contributed by atoms with E-state index in [0.29, 0.717) is 5.92 Å². The van der Waals surface area contributed by atoms with E-state index in [1.807, 2.05) is 0 Å². The first-order chi connectivity index (χ1) is 6.15. The Balaban J connectivity index is 2.35. The average Bonchev–Trinajstić information content (AvgIpc) is 2.50. The van der Waals surface area contributed by atoms with E-state index >= 15 is 0 Å². The molecular weight excluding hydrogens is 168 g/mol. The van der Waals surface area contributed by atoms with Crippen molar-refractivity contribution in [2.45, 2.75) is 26.0 Å². The van der Waals surface area contributed by atoms with Gasteiger partial charge in [0, 0.05) is 19.7 Å². The Kier molecular flexibility index (Phi) is 3.69. The minimum absolute atomic E-state index is 0.0250. The zero-order valence-electron chi connectivity index (χ0n) is 8.46. The first-order valence-electron chi connectivity index (χ1n) is 4.69. The topological polar surface area (TPSA) is 50.4 Å². The summed E-state index contributed by atoms with van der Waals surface area (Å²) in [6.07, 6.45) is -0.354.